The van der Waals surface area contributed by atoms with Crippen molar-refractivity contribution in [2.24, 2.45) is 0 Å². The second kappa shape index (κ2) is 8.52. The number of hydrogen-bond acceptors (Lipinski definition) is 6. The van der Waals surface area contributed by atoms with Crippen LogP contribution in [-0.2, 0) is 11.2 Å². The first kappa shape index (κ1) is 20.9. The van der Waals surface area contributed by atoms with Gasteiger partial charge in [0.1, 0.15) is 17.0 Å². The van der Waals surface area contributed by atoms with Gasteiger partial charge in [0.15, 0.2) is 0 Å². The van der Waals surface area contributed by atoms with Crippen LogP contribution in [0.5, 0.6) is 0 Å². The maximum atomic E-state index is 13.1. The van der Waals surface area contributed by atoms with Gasteiger partial charge in [-0.2, -0.15) is 5.10 Å². The van der Waals surface area contributed by atoms with Crippen molar-refractivity contribution in [2.45, 2.75) is 20.3 Å². The van der Waals surface area contributed by atoms with Crippen LogP contribution in [0, 0.1) is 13.8 Å². The molecule has 1 aliphatic rings. The van der Waals surface area contributed by atoms with E-state index in [9.17, 15) is 4.79 Å². The molecule has 32 heavy (non-hydrogen) atoms. The quantitative estimate of drug-likeness (QED) is 0.454. The lowest BCUT2D eigenvalue weighted by Gasteiger charge is -2.35. The molecule has 0 spiro atoms. The molecule has 4 aromatic rings. The van der Waals surface area contributed by atoms with Gasteiger partial charge in [0.2, 0.25) is 5.91 Å². The van der Waals surface area contributed by atoms with Crippen LogP contribution in [0.25, 0.3) is 15.9 Å². The van der Waals surface area contributed by atoms with Crippen molar-refractivity contribution in [1.82, 2.24) is 24.6 Å². The number of piperazine rings is 1. The molecule has 3 aromatic heterocycles. The first-order chi connectivity index (χ1) is 15.5. The predicted octanol–water partition coefficient (Wildman–Crippen LogP) is 4.04. The summed E-state index contributed by atoms with van der Waals surface area (Å²) >= 11 is 7.63. The third kappa shape index (κ3) is 3.84. The zero-order valence-corrected chi connectivity index (χ0v) is 19.5. The van der Waals surface area contributed by atoms with Crippen LogP contribution in [0.2, 0.25) is 5.02 Å². The highest BCUT2D eigenvalue weighted by atomic mass is 35.5. The highest BCUT2D eigenvalue weighted by molar-refractivity contribution is 7.16. The number of hydrogen-bond donors (Lipinski definition) is 0. The summed E-state index contributed by atoms with van der Waals surface area (Å²) in [5.74, 6) is 1.09. The first-order valence-corrected chi connectivity index (χ1v) is 11.8. The molecule has 1 aromatic carbocycles. The number of nitrogens with zero attached hydrogens (tertiary/aromatic N) is 6. The van der Waals surface area contributed by atoms with Gasteiger partial charge >= 0.3 is 0 Å². The fourth-order valence-corrected chi connectivity index (χ4v) is 5.08. The second-order valence-corrected chi connectivity index (χ2v) is 9.25. The van der Waals surface area contributed by atoms with Crippen LogP contribution in [0.4, 0.5) is 5.82 Å². The summed E-state index contributed by atoms with van der Waals surface area (Å²) in [6.07, 6.45) is 1.98. The van der Waals surface area contributed by atoms with E-state index in [2.05, 4.69) is 26.0 Å². The summed E-state index contributed by atoms with van der Waals surface area (Å²) in [6.45, 7) is 6.85. The number of carbonyl (C=O) groups is 1. The van der Waals surface area contributed by atoms with Crippen molar-refractivity contribution in [3.63, 3.8) is 0 Å². The highest BCUT2D eigenvalue weighted by Crippen LogP contribution is 2.27. The van der Waals surface area contributed by atoms with Gasteiger partial charge in [-0.3, -0.25) is 4.79 Å². The minimum absolute atomic E-state index is 0.134. The van der Waals surface area contributed by atoms with E-state index in [1.165, 1.54) is 0 Å². The molecule has 0 unspecified atom stereocenters. The zero-order valence-electron chi connectivity index (χ0n) is 18.0. The third-order valence-corrected chi connectivity index (χ3v) is 7.09. The molecule has 0 N–H and O–H groups in total. The Morgan fingerprint density at radius 2 is 1.81 bits per heavy atom. The van der Waals surface area contributed by atoms with Crippen LogP contribution in [-0.4, -0.2) is 56.7 Å². The topological polar surface area (TPSA) is 67.2 Å². The summed E-state index contributed by atoms with van der Waals surface area (Å²) in [7, 11) is 0. The van der Waals surface area contributed by atoms with E-state index in [1.54, 1.807) is 17.7 Å². The molecule has 0 saturated carbocycles. The molecule has 164 valence electrons. The number of aryl methyl sites for hydroxylation is 1. The fourth-order valence-electron chi connectivity index (χ4n) is 4.22. The molecular formula is C23H23ClN6OS. The lowest BCUT2D eigenvalue weighted by molar-refractivity contribution is -0.130. The van der Waals surface area contributed by atoms with Crippen molar-refractivity contribution in [3.8, 4) is 5.69 Å². The molecule has 9 heteroatoms. The fraction of sp³-hybridized carbons (Fsp3) is 0.304. The van der Waals surface area contributed by atoms with Gasteiger partial charge in [0.25, 0.3) is 0 Å². The first-order valence-electron chi connectivity index (χ1n) is 10.5. The molecule has 0 bridgehead atoms. The number of benzene rings is 1. The van der Waals surface area contributed by atoms with Crippen molar-refractivity contribution in [1.29, 1.82) is 0 Å². The largest absolute Gasteiger partial charge is 0.352 e. The number of carbonyl (C=O) groups excluding carboxylic acids is 1. The van der Waals surface area contributed by atoms with Crippen LogP contribution in [0.15, 0.2) is 42.0 Å². The third-order valence-electron chi connectivity index (χ3n) is 6.01. The summed E-state index contributed by atoms with van der Waals surface area (Å²) < 4.78 is 1.88. The van der Waals surface area contributed by atoms with E-state index in [4.69, 9.17) is 11.6 Å². The predicted molar refractivity (Wildman–Crippen MR) is 128 cm³/mol. The summed E-state index contributed by atoms with van der Waals surface area (Å²) in [4.78, 5) is 27.1. The molecular weight excluding hydrogens is 444 g/mol. The number of thiophene rings is 1. The number of aromatic nitrogens is 4. The van der Waals surface area contributed by atoms with Crippen LogP contribution < -0.4 is 4.90 Å². The molecule has 1 fully saturated rings. The Morgan fingerprint density at radius 1 is 1.06 bits per heavy atom. The van der Waals surface area contributed by atoms with Crippen molar-refractivity contribution in [2.75, 3.05) is 31.1 Å². The SMILES string of the molecule is Cc1nn(-c2ccc(Cl)cc2)c(C)c1CC(=O)N1CCN(c2ncnc3sccc23)CC1. The van der Waals surface area contributed by atoms with E-state index in [0.29, 0.717) is 24.5 Å². The molecule has 7 nitrogen and oxygen atoms in total. The van der Waals surface area contributed by atoms with Gasteiger partial charge < -0.3 is 9.80 Å². The van der Waals surface area contributed by atoms with Crippen LogP contribution >= 0.6 is 22.9 Å². The number of fused-ring (bicyclic) bond motifs is 1. The van der Waals surface area contributed by atoms with Gasteiger partial charge in [0, 0.05) is 42.5 Å². The highest BCUT2D eigenvalue weighted by Gasteiger charge is 2.25. The molecule has 4 heterocycles. The number of amides is 1. The van der Waals surface area contributed by atoms with Gasteiger partial charge in [0.05, 0.1) is 23.2 Å². The number of anilines is 1. The standard InChI is InChI=1S/C23H23ClN6OS/c1-15-20(16(2)30(27-15)18-5-3-17(24)4-6-18)13-21(31)28-8-10-29(11-9-28)22-19-7-12-32-23(19)26-14-25-22/h3-7,12,14H,8-11,13H2,1-2H3. The van der Waals surface area contributed by atoms with Gasteiger partial charge in [-0.15, -0.1) is 11.3 Å². The smallest absolute Gasteiger partial charge is 0.227 e. The Labute approximate surface area is 195 Å². The summed E-state index contributed by atoms with van der Waals surface area (Å²) in [5.41, 5.74) is 3.79. The van der Waals surface area contributed by atoms with Gasteiger partial charge in [-0.1, -0.05) is 11.6 Å². The molecule has 1 aliphatic heterocycles. The van der Waals surface area contributed by atoms with E-state index in [1.807, 2.05) is 53.1 Å². The Hall–Kier alpha value is -2.97. The van der Waals surface area contributed by atoms with Gasteiger partial charge in [-0.05, 0) is 49.6 Å². The number of rotatable bonds is 4. The average molecular weight is 467 g/mol. The normalized spacial score (nSPS) is 14.3. The van der Waals surface area contributed by atoms with E-state index < -0.39 is 0 Å². The summed E-state index contributed by atoms with van der Waals surface area (Å²) in [5, 5.41) is 8.47. The molecule has 0 aliphatic carbocycles. The Kier molecular flexibility index (Phi) is 5.57. The Bertz CT molecular complexity index is 1270. The minimum atomic E-state index is 0.134. The lowest BCUT2D eigenvalue weighted by atomic mass is 10.1. The monoisotopic (exact) mass is 466 g/mol. The average Bonchev–Trinajstić information content (AvgIpc) is 3.40. The molecule has 5 rings (SSSR count). The number of halogens is 1. The molecule has 0 atom stereocenters. The van der Waals surface area contributed by atoms with Crippen molar-refractivity contribution < 1.29 is 4.79 Å². The molecule has 1 saturated heterocycles. The maximum absolute atomic E-state index is 13.1. The van der Waals surface area contributed by atoms with Crippen LogP contribution in [0.3, 0.4) is 0 Å². The minimum Gasteiger partial charge on any atom is -0.352 e. The summed E-state index contributed by atoms with van der Waals surface area (Å²) in [6, 6.07) is 9.63. The van der Waals surface area contributed by atoms with Crippen molar-refractivity contribution in [3.05, 3.63) is 64.0 Å². The second-order valence-electron chi connectivity index (χ2n) is 7.92. The van der Waals surface area contributed by atoms with Crippen molar-refractivity contribution >= 4 is 44.9 Å². The van der Waals surface area contributed by atoms with Crippen LogP contribution in [0.1, 0.15) is 17.0 Å². The zero-order chi connectivity index (χ0) is 22.2. The lowest BCUT2D eigenvalue weighted by Crippen LogP contribution is -2.49. The Balaban J connectivity index is 1.27. The maximum Gasteiger partial charge on any atom is 0.227 e. The van der Waals surface area contributed by atoms with E-state index in [0.717, 1.165) is 51.8 Å². The Morgan fingerprint density at radius 3 is 2.56 bits per heavy atom. The molecule has 0 radical (unpaired) electrons. The van der Waals surface area contributed by atoms with E-state index >= 15 is 0 Å². The molecule has 1 amide bonds. The van der Waals surface area contributed by atoms with Gasteiger partial charge in [-0.25, -0.2) is 14.6 Å². The van der Waals surface area contributed by atoms with E-state index in [-0.39, 0.29) is 5.91 Å².